The molecular formula is C11H17N3O. The van der Waals surface area contributed by atoms with Crippen LogP contribution in [0.3, 0.4) is 0 Å². The Labute approximate surface area is 90.0 Å². The number of ether oxygens (including phenoxy) is 1. The number of anilines is 2. The smallest absolute Gasteiger partial charge is 0.152 e. The Balaban J connectivity index is 2.08. The van der Waals surface area contributed by atoms with Crippen LogP contribution in [-0.2, 0) is 0 Å². The van der Waals surface area contributed by atoms with E-state index in [0.717, 1.165) is 30.2 Å². The van der Waals surface area contributed by atoms with Crippen molar-refractivity contribution in [1.29, 1.82) is 0 Å². The third kappa shape index (κ3) is 2.15. The number of benzene rings is 1. The highest BCUT2D eigenvalue weighted by Crippen LogP contribution is 2.31. The second-order valence-electron chi connectivity index (χ2n) is 3.57. The molecule has 1 aliphatic heterocycles. The number of hydrogen-bond donors (Lipinski definition) is 3. The zero-order valence-electron chi connectivity index (χ0n) is 9.13. The van der Waals surface area contributed by atoms with Crippen LogP contribution in [0.2, 0.25) is 0 Å². The van der Waals surface area contributed by atoms with Crippen LogP contribution in [0, 0.1) is 0 Å². The van der Waals surface area contributed by atoms with Crippen molar-refractivity contribution >= 4 is 11.4 Å². The largest absolute Gasteiger partial charge is 0.494 e. The molecule has 0 bridgehead atoms. The maximum atomic E-state index is 5.56. The van der Waals surface area contributed by atoms with Crippen LogP contribution in [-0.4, -0.2) is 19.9 Å². The lowest BCUT2D eigenvalue weighted by atomic mass is 10.2. The molecule has 4 heteroatoms. The van der Waals surface area contributed by atoms with E-state index in [4.69, 9.17) is 4.74 Å². The summed E-state index contributed by atoms with van der Waals surface area (Å²) < 4.78 is 5.56. The third-order valence-electron chi connectivity index (χ3n) is 2.35. The summed E-state index contributed by atoms with van der Waals surface area (Å²) in [5.74, 6) is 0.918. The molecule has 0 radical (unpaired) electrons. The van der Waals surface area contributed by atoms with Crippen LogP contribution in [0.1, 0.15) is 13.3 Å². The maximum absolute atomic E-state index is 5.56. The van der Waals surface area contributed by atoms with Gasteiger partial charge in [-0.2, -0.15) is 0 Å². The van der Waals surface area contributed by atoms with Crippen molar-refractivity contribution < 1.29 is 4.74 Å². The predicted octanol–water partition coefficient (Wildman–Crippen LogP) is 1.82. The van der Waals surface area contributed by atoms with Crippen LogP contribution in [0.15, 0.2) is 18.2 Å². The first-order valence-corrected chi connectivity index (χ1v) is 5.30. The van der Waals surface area contributed by atoms with E-state index in [0.29, 0.717) is 0 Å². The van der Waals surface area contributed by atoms with Crippen molar-refractivity contribution in [3.63, 3.8) is 0 Å². The molecule has 82 valence electrons. The molecule has 0 aromatic heterocycles. The molecule has 4 nitrogen and oxygen atoms in total. The molecule has 1 aromatic carbocycles. The first-order valence-electron chi connectivity index (χ1n) is 5.30. The normalized spacial score (nSPS) is 17.9. The Kier molecular flexibility index (Phi) is 2.97. The van der Waals surface area contributed by atoms with Gasteiger partial charge in [0.15, 0.2) is 6.29 Å². The molecule has 0 aliphatic carbocycles. The van der Waals surface area contributed by atoms with Gasteiger partial charge in [-0.05, 0) is 25.6 Å². The van der Waals surface area contributed by atoms with E-state index in [1.54, 1.807) is 0 Å². The highest BCUT2D eigenvalue weighted by atomic mass is 16.5. The lowest BCUT2D eigenvalue weighted by Crippen LogP contribution is -2.35. The Bertz CT molecular complexity index is 341. The fraction of sp³-hybridized carbons (Fsp3) is 0.455. The Hall–Kier alpha value is -1.42. The topological polar surface area (TPSA) is 45.3 Å². The van der Waals surface area contributed by atoms with Gasteiger partial charge in [0.2, 0.25) is 0 Å². The molecule has 0 saturated heterocycles. The minimum absolute atomic E-state index is 0.112. The van der Waals surface area contributed by atoms with Crippen molar-refractivity contribution in [2.75, 3.05) is 24.3 Å². The van der Waals surface area contributed by atoms with Gasteiger partial charge in [-0.15, -0.1) is 0 Å². The van der Waals surface area contributed by atoms with E-state index < -0.39 is 0 Å². The average molecular weight is 207 g/mol. The average Bonchev–Trinajstić information content (AvgIpc) is 2.68. The fourth-order valence-corrected chi connectivity index (χ4v) is 1.57. The predicted molar refractivity (Wildman–Crippen MR) is 62.3 cm³/mol. The van der Waals surface area contributed by atoms with Gasteiger partial charge < -0.3 is 15.4 Å². The Morgan fingerprint density at radius 1 is 1.33 bits per heavy atom. The van der Waals surface area contributed by atoms with E-state index >= 15 is 0 Å². The molecule has 1 aliphatic rings. The third-order valence-corrected chi connectivity index (χ3v) is 2.35. The molecular weight excluding hydrogens is 190 g/mol. The van der Waals surface area contributed by atoms with Crippen molar-refractivity contribution in [3.8, 4) is 5.75 Å². The summed E-state index contributed by atoms with van der Waals surface area (Å²) in [6.45, 7) is 2.87. The summed E-state index contributed by atoms with van der Waals surface area (Å²) >= 11 is 0. The van der Waals surface area contributed by atoms with Gasteiger partial charge in [-0.3, -0.25) is 5.32 Å². The zero-order valence-corrected chi connectivity index (χ0v) is 9.13. The van der Waals surface area contributed by atoms with Gasteiger partial charge >= 0.3 is 0 Å². The highest BCUT2D eigenvalue weighted by molar-refractivity contribution is 5.75. The van der Waals surface area contributed by atoms with Gasteiger partial charge in [-0.25, -0.2) is 0 Å². The molecule has 0 amide bonds. The molecule has 3 N–H and O–H groups in total. The van der Waals surface area contributed by atoms with E-state index in [9.17, 15) is 0 Å². The van der Waals surface area contributed by atoms with Crippen LogP contribution in [0.25, 0.3) is 0 Å². The van der Waals surface area contributed by atoms with Crippen molar-refractivity contribution in [2.24, 2.45) is 0 Å². The van der Waals surface area contributed by atoms with E-state index in [2.05, 4.69) is 22.9 Å². The number of nitrogens with one attached hydrogen (secondary N) is 3. The number of rotatable bonds is 4. The van der Waals surface area contributed by atoms with Crippen molar-refractivity contribution in [3.05, 3.63) is 18.2 Å². The van der Waals surface area contributed by atoms with E-state index in [1.807, 2.05) is 25.2 Å². The Morgan fingerprint density at radius 2 is 2.13 bits per heavy atom. The monoisotopic (exact) mass is 207 g/mol. The minimum Gasteiger partial charge on any atom is -0.494 e. The van der Waals surface area contributed by atoms with E-state index in [1.165, 1.54) is 0 Å². The van der Waals surface area contributed by atoms with E-state index in [-0.39, 0.29) is 6.29 Å². The zero-order chi connectivity index (χ0) is 10.7. The van der Waals surface area contributed by atoms with Crippen LogP contribution in [0.4, 0.5) is 11.4 Å². The van der Waals surface area contributed by atoms with Gasteiger partial charge in [0.25, 0.3) is 0 Å². The van der Waals surface area contributed by atoms with Gasteiger partial charge in [0.05, 0.1) is 18.0 Å². The Morgan fingerprint density at radius 3 is 2.87 bits per heavy atom. The van der Waals surface area contributed by atoms with Gasteiger partial charge in [0, 0.05) is 6.07 Å². The molecule has 2 rings (SSSR count). The molecule has 1 aromatic rings. The second-order valence-corrected chi connectivity index (χ2v) is 3.57. The number of hydrogen-bond acceptors (Lipinski definition) is 4. The number of fused-ring (bicyclic) bond motifs is 1. The SMILES string of the molecule is CCCOc1ccc2c(c1)NC(NC)N2. The quantitative estimate of drug-likeness (QED) is 0.704. The van der Waals surface area contributed by atoms with Gasteiger partial charge in [-0.1, -0.05) is 6.92 Å². The molecule has 1 atom stereocenters. The van der Waals surface area contributed by atoms with Crippen molar-refractivity contribution in [2.45, 2.75) is 19.6 Å². The lowest BCUT2D eigenvalue weighted by Gasteiger charge is -2.09. The van der Waals surface area contributed by atoms with Crippen LogP contribution in [0.5, 0.6) is 5.75 Å². The van der Waals surface area contributed by atoms with Crippen LogP contribution < -0.4 is 20.7 Å². The first kappa shape index (κ1) is 10.1. The highest BCUT2D eigenvalue weighted by Gasteiger charge is 2.17. The van der Waals surface area contributed by atoms with Crippen LogP contribution >= 0.6 is 0 Å². The molecule has 15 heavy (non-hydrogen) atoms. The molecule has 1 unspecified atom stereocenters. The maximum Gasteiger partial charge on any atom is 0.152 e. The summed E-state index contributed by atoms with van der Waals surface area (Å²) in [4.78, 5) is 0. The summed E-state index contributed by atoms with van der Waals surface area (Å²) in [5, 5.41) is 9.70. The summed E-state index contributed by atoms with van der Waals surface area (Å²) in [5.41, 5.74) is 2.20. The molecule has 0 fully saturated rings. The summed E-state index contributed by atoms with van der Waals surface area (Å²) in [6.07, 6.45) is 1.14. The molecule has 0 saturated carbocycles. The lowest BCUT2D eigenvalue weighted by molar-refractivity contribution is 0.317. The summed E-state index contributed by atoms with van der Waals surface area (Å²) in [6, 6.07) is 6.04. The van der Waals surface area contributed by atoms with Crippen molar-refractivity contribution in [1.82, 2.24) is 5.32 Å². The minimum atomic E-state index is 0.112. The summed E-state index contributed by atoms with van der Waals surface area (Å²) in [7, 11) is 1.91. The fourth-order valence-electron chi connectivity index (χ4n) is 1.57. The molecule has 1 heterocycles. The second kappa shape index (κ2) is 4.40. The molecule has 0 spiro atoms. The standard InChI is InChI=1S/C11H17N3O/c1-3-6-15-8-4-5-9-10(7-8)14-11(12-2)13-9/h4-5,7,11-14H,3,6H2,1-2H3. The van der Waals surface area contributed by atoms with Gasteiger partial charge in [0.1, 0.15) is 5.75 Å². The first-order chi connectivity index (χ1) is 7.33.